The topological polar surface area (TPSA) is 150 Å². The van der Waals surface area contributed by atoms with Crippen molar-refractivity contribution in [3.8, 4) is 11.9 Å². The van der Waals surface area contributed by atoms with Gasteiger partial charge in [0, 0.05) is 24.7 Å². The van der Waals surface area contributed by atoms with Crippen LogP contribution in [0, 0.1) is 16.7 Å². The van der Waals surface area contributed by atoms with Gasteiger partial charge in [-0.05, 0) is 18.3 Å². The summed E-state index contributed by atoms with van der Waals surface area (Å²) in [4.78, 5) is 33.6. The number of carbonyl (C=O) groups excluding carboxylic acids is 1. The zero-order valence-electron chi connectivity index (χ0n) is 17.4. The predicted octanol–water partition coefficient (Wildman–Crippen LogP) is 1.55. The number of amides is 1. The van der Waals surface area contributed by atoms with Gasteiger partial charge in [-0.3, -0.25) is 14.2 Å². The molecule has 1 aliphatic carbocycles. The number of aromatic nitrogens is 5. The summed E-state index contributed by atoms with van der Waals surface area (Å²) in [6.45, 7) is 6.27. The normalized spacial score (nSPS) is 13.7. The van der Waals surface area contributed by atoms with Gasteiger partial charge in [0.1, 0.15) is 29.6 Å². The number of carbonyl (C=O) groups is 1. The van der Waals surface area contributed by atoms with E-state index in [1.54, 1.807) is 6.07 Å². The van der Waals surface area contributed by atoms with E-state index in [9.17, 15) is 14.7 Å². The fourth-order valence-corrected chi connectivity index (χ4v) is 3.15. The van der Waals surface area contributed by atoms with Crippen molar-refractivity contribution in [2.75, 3.05) is 5.32 Å². The monoisotopic (exact) mass is 422 g/mol. The van der Waals surface area contributed by atoms with Crippen LogP contribution in [-0.2, 0) is 6.54 Å². The van der Waals surface area contributed by atoms with Crippen molar-refractivity contribution in [2.24, 2.45) is 5.41 Å². The summed E-state index contributed by atoms with van der Waals surface area (Å²) < 4.78 is 2.59. The lowest BCUT2D eigenvalue weighted by atomic mass is 9.96. The standard InChI is InChI=1S/C20H22N8O3/c1-20(2,3)9-27-15-7-14(25-13-6-12(8-21)22-10-23-13)26-28(15)19(31)16(18(27)30)17(29)24-11-4-5-11/h6-7,10-11,30H,4-5,9H2,1-3H3,(H,24,29)(H,22,23,25,26). The second-order valence-corrected chi connectivity index (χ2v) is 8.72. The summed E-state index contributed by atoms with van der Waals surface area (Å²) in [5, 5.41) is 29.8. The van der Waals surface area contributed by atoms with Crippen molar-refractivity contribution in [2.45, 2.75) is 46.2 Å². The van der Waals surface area contributed by atoms with E-state index in [2.05, 4.69) is 25.7 Å². The van der Waals surface area contributed by atoms with Gasteiger partial charge in [-0.25, -0.2) is 9.97 Å². The second kappa shape index (κ2) is 7.39. The molecule has 0 unspecified atom stereocenters. The van der Waals surface area contributed by atoms with Gasteiger partial charge in [-0.2, -0.15) is 9.78 Å². The highest BCUT2D eigenvalue weighted by atomic mass is 16.3. The minimum absolute atomic E-state index is 0.0278. The Balaban J connectivity index is 1.84. The number of fused-ring (bicyclic) bond motifs is 1. The molecule has 160 valence electrons. The molecule has 0 aromatic carbocycles. The number of nitrogens with zero attached hydrogens (tertiary/aromatic N) is 6. The van der Waals surface area contributed by atoms with Gasteiger partial charge in [0.2, 0.25) is 5.88 Å². The van der Waals surface area contributed by atoms with E-state index >= 15 is 0 Å². The Hall–Kier alpha value is -3.94. The van der Waals surface area contributed by atoms with Crippen molar-refractivity contribution in [3.63, 3.8) is 0 Å². The first kappa shape index (κ1) is 20.3. The molecule has 1 amide bonds. The van der Waals surface area contributed by atoms with Gasteiger partial charge in [-0.15, -0.1) is 5.10 Å². The van der Waals surface area contributed by atoms with Gasteiger partial charge in [-0.1, -0.05) is 20.8 Å². The maximum absolute atomic E-state index is 13.0. The van der Waals surface area contributed by atoms with Crippen LogP contribution in [0.5, 0.6) is 5.88 Å². The molecule has 0 saturated heterocycles. The molecule has 1 fully saturated rings. The molecular weight excluding hydrogens is 400 g/mol. The van der Waals surface area contributed by atoms with Crippen LogP contribution >= 0.6 is 0 Å². The zero-order valence-corrected chi connectivity index (χ0v) is 17.4. The van der Waals surface area contributed by atoms with E-state index in [0.29, 0.717) is 18.0 Å². The second-order valence-electron chi connectivity index (χ2n) is 8.72. The summed E-state index contributed by atoms with van der Waals surface area (Å²) in [5.41, 5.74) is -0.831. The SMILES string of the molecule is CC(C)(C)Cn1c(O)c(C(=O)NC2CC2)c(=O)n2nc(Nc3cc(C#N)ncn3)cc12. The molecule has 31 heavy (non-hydrogen) atoms. The fourth-order valence-electron chi connectivity index (χ4n) is 3.15. The van der Waals surface area contributed by atoms with Crippen molar-refractivity contribution in [1.82, 2.24) is 29.5 Å². The number of aromatic hydroxyl groups is 1. The number of nitrogens with one attached hydrogen (secondary N) is 2. The summed E-state index contributed by atoms with van der Waals surface area (Å²) in [6.07, 6.45) is 2.94. The third kappa shape index (κ3) is 4.18. The Morgan fingerprint density at radius 2 is 2.03 bits per heavy atom. The van der Waals surface area contributed by atoms with Crippen molar-refractivity contribution in [1.29, 1.82) is 5.26 Å². The average molecular weight is 422 g/mol. The minimum atomic E-state index is -0.718. The Labute approximate surface area is 177 Å². The highest BCUT2D eigenvalue weighted by molar-refractivity contribution is 5.96. The van der Waals surface area contributed by atoms with Crippen LogP contribution in [0.3, 0.4) is 0 Å². The molecule has 4 rings (SSSR count). The first-order valence-electron chi connectivity index (χ1n) is 9.82. The molecule has 11 nitrogen and oxygen atoms in total. The molecule has 0 atom stereocenters. The summed E-state index contributed by atoms with van der Waals surface area (Å²) in [7, 11) is 0. The van der Waals surface area contributed by atoms with Crippen LogP contribution < -0.4 is 16.2 Å². The lowest BCUT2D eigenvalue weighted by Crippen LogP contribution is -2.35. The third-order valence-electron chi connectivity index (χ3n) is 4.66. The number of rotatable bonds is 5. The van der Waals surface area contributed by atoms with Gasteiger partial charge in [0.25, 0.3) is 11.5 Å². The Bertz CT molecular complexity index is 1270. The molecule has 3 aromatic heterocycles. The first-order valence-corrected chi connectivity index (χ1v) is 9.82. The zero-order chi connectivity index (χ0) is 22.3. The van der Waals surface area contributed by atoms with Gasteiger partial charge < -0.3 is 15.7 Å². The van der Waals surface area contributed by atoms with E-state index in [1.807, 2.05) is 26.8 Å². The smallest absolute Gasteiger partial charge is 0.291 e. The molecule has 0 spiro atoms. The molecule has 3 N–H and O–H groups in total. The summed E-state index contributed by atoms with van der Waals surface area (Å²) >= 11 is 0. The predicted molar refractivity (Wildman–Crippen MR) is 111 cm³/mol. The number of nitriles is 1. The Morgan fingerprint density at radius 3 is 2.68 bits per heavy atom. The molecule has 0 aliphatic heterocycles. The van der Waals surface area contributed by atoms with Crippen molar-refractivity contribution in [3.05, 3.63) is 40.1 Å². The van der Waals surface area contributed by atoms with Gasteiger partial charge in [0.15, 0.2) is 11.4 Å². The lowest BCUT2D eigenvalue weighted by molar-refractivity contribution is 0.0944. The molecule has 1 aliphatic rings. The van der Waals surface area contributed by atoms with E-state index < -0.39 is 17.3 Å². The Morgan fingerprint density at radius 1 is 1.29 bits per heavy atom. The quantitative estimate of drug-likeness (QED) is 0.560. The largest absolute Gasteiger partial charge is 0.494 e. The molecule has 0 bridgehead atoms. The molecular formula is C20H22N8O3. The lowest BCUT2D eigenvalue weighted by Gasteiger charge is -2.23. The summed E-state index contributed by atoms with van der Waals surface area (Å²) in [6, 6.07) is 4.97. The van der Waals surface area contributed by atoms with E-state index in [4.69, 9.17) is 5.26 Å². The molecule has 3 aromatic rings. The van der Waals surface area contributed by atoms with Crippen LogP contribution in [0.15, 0.2) is 23.3 Å². The fraction of sp³-hybridized carbons (Fsp3) is 0.400. The number of hydrogen-bond acceptors (Lipinski definition) is 8. The molecule has 0 radical (unpaired) electrons. The van der Waals surface area contributed by atoms with Crippen LogP contribution in [0.25, 0.3) is 5.65 Å². The molecule has 3 heterocycles. The van der Waals surface area contributed by atoms with E-state index in [-0.39, 0.29) is 28.5 Å². The van der Waals surface area contributed by atoms with E-state index in [0.717, 1.165) is 17.4 Å². The average Bonchev–Trinajstić information content (AvgIpc) is 3.41. The first-order chi connectivity index (χ1) is 14.7. The van der Waals surface area contributed by atoms with Crippen LogP contribution in [0.4, 0.5) is 11.6 Å². The third-order valence-corrected chi connectivity index (χ3v) is 4.66. The van der Waals surface area contributed by atoms with Gasteiger partial charge >= 0.3 is 0 Å². The van der Waals surface area contributed by atoms with Crippen LogP contribution in [-0.4, -0.2) is 41.2 Å². The molecule has 1 saturated carbocycles. The maximum atomic E-state index is 13.0. The van der Waals surface area contributed by atoms with Crippen molar-refractivity contribution < 1.29 is 9.90 Å². The van der Waals surface area contributed by atoms with Crippen molar-refractivity contribution >= 4 is 23.2 Å². The highest BCUT2D eigenvalue weighted by Gasteiger charge is 2.30. The van der Waals surface area contributed by atoms with Crippen LogP contribution in [0.2, 0.25) is 0 Å². The number of anilines is 2. The Kier molecular flexibility index (Phi) is 4.85. The summed E-state index contributed by atoms with van der Waals surface area (Å²) in [5.74, 6) is -0.429. The maximum Gasteiger partial charge on any atom is 0.291 e. The van der Waals surface area contributed by atoms with Gasteiger partial charge in [0.05, 0.1) is 0 Å². The highest BCUT2D eigenvalue weighted by Crippen LogP contribution is 2.27. The molecule has 11 heteroatoms. The van der Waals surface area contributed by atoms with Crippen LogP contribution in [0.1, 0.15) is 49.7 Å². The van der Waals surface area contributed by atoms with E-state index in [1.165, 1.54) is 17.0 Å². The number of hydrogen-bond donors (Lipinski definition) is 3. The minimum Gasteiger partial charge on any atom is -0.494 e.